The van der Waals surface area contributed by atoms with Crippen LogP contribution in [0.2, 0.25) is 0 Å². The van der Waals surface area contributed by atoms with Gasteiger partial charge >= 0.3 is 0 Å². The fraction of sp³-hybridized carbons (Fsp3) is 1.00. The summed E-state index contributed by atoms with van der Waals surface area (Å²) in [6.45, 7) is 11.5. The van der Waals surface area contributed by atoms with E-state index in [0.717, 1.165) is 19.6 Å². The van der Waals surface area contributed by atoms with Crippen LogP contribution in [0.25, 0.3) is 0 Å². The maximum absolute atomic E-state index is 5.11. The van der Waals surface area contributed by atoms with Gasteiger partial charge in [-0.05, 0) is 27.7 Å². The average Bonchev–Trinajstić information content (AvgIpc) is 2.01. The molecule has 0 aromatic carbocycles. The van der Waals surface area contributed by atoms with E-state index < -0.39 is 0 Å². The van der Waals surface area contributed by atoms with Gasteiger partial charge in [-0.2, -0.15) is 0 Å². The second kappa shape index (κ2) is 6.35. The first-order chi connectivity index (χ1) is 5.95. The van der Waals surface area contributed by atoms with E-state index in [1.54, 1.807) is 7.11 Å². The van der Waals surface area contributed by atoms with Crippen molar-refractivity contribution in [3.05, 3.63) is 0 Å². The fourth-order valence-corrected chi connectivity index (χ4v) is 0.915. The molecular weight excluding hydrogens is 164 g/mol. The largest absolute Gasteiger partial charge is 0.380 e. The van der Waals surface area contributed by atoms with Crippen LogP contribution in [0.15, 0.2) is 0 Å². The summed E-state index contributed by atoms with van der Waals surface area (Å²) in [6.07, 6.45) is 0.301. The molecular formula is C10H24N2O. The SMILES string of the molecule is COC(C)CNCCNC(C)(C)C. The zero-order valence-corrected chi connectivity index (χ0v) is 9.61. The Hall–Kier alpha value is -0.120. The van der Waals surface area contributed by atoms with Gasteiger partial charge in [0.1, 0.15) is 0 Å². The van der Waals surface area contributed by atoms with Crippen molar-refractivity contribution in [3.8, 4) is 0 Å². The van der Waals surface area contributed by atoms with E-state index in [-0.39, 0.29) is 5.54 Å². The maximum Gasteiger partial charge on any atom is 0.0667 e. The van der Waals surface area contributed by atoms with Gasteiger partial charge in [0.05, 0.1) is 6.10 Å². The summed E-state index contributed by atoms with van der Waals surface area (Å²) >= 11 is 0. The van der Waals surface area contributed by atoms with Crippen LogP contribution in [-0.4, -0.2) is 38.4 Å². The van der Waals surface area contributed by atoms with Crippen LogP contribution in [0.3, 0.4) is 0 Å². The predicted octanol–water partition coefficient (Wildman–Crippen LogP) is 0.999. The molecule has 0 heterocycles. The highest BCUT2D eigenvalue weighted by atomic mass is 16.5. The van der Waals surface area contributed by atoms with Crippen LogP contribution in [0.4, 0.5) is 0 Å². The molecule has 3 heteroatoms. The lowest BCUT2D eigenvalue weighted by Crippen LogP contribution is -2.41. The molecule has 1 unspecified atom stereocenters. The molecule has 0 rings (SSSR count). The predicted molar refractivity (Wildman–Crippen MR) is 57.1 cm³/mol. The van der Waals surface area contributed by atoms with E-state index in [1.807, 2.05) is 0 Å². The van der Waals surface area contributed by atoms with Crippen LogP contribution in [0.5, 0.6) is 0 Å². The molecule has 0 radical (unpaired) electrons. The Morgan fingerprint density at radius 2 is 1.85 bits per heavy atom. The summed E-state index contributed by atoms with van der Waals surface area (Å²) in [5.41, 5.74) is 0.217. The van der Waals surface area contributed by atoms with Crippen LogP contribution in [-0.2, 0) is 4.74 Å². The van der Waals surface area contributed by atoms with Crippen LogP contribution < -0.4 is 10.6 Å². The summed E-state index contributed by atoms with van der Waals surface area (Å²) in [4.78, 5) is 0. The second-order valence-electron chi connectivity index (χ2n) is 4.43. The summed E-state index contributed by atoms with van der Waals surface area (Å²) in [6, 6.07) is 0. The zero-order valence-electron chi connectivity index (χ0n) is 9.61. The molecule has 13 heavy (non-hydrogen) atoms. The summed E-state index contributed by atoms with van der Waals surface area (Å²) in [5, 5.41) is 6.73. The molecule has 0 aliphatic carbocycles. The number of hydrogen-bond acceptors (Lipinski definition) is 3. The Bertz CT molecular complexity index is 121. The summed E-state index contributed by atoms with van der Waals surface area (Å²) in [7, 11) is 1.74. The Morgan fingerprint density at radius 3 is 2.31 bits per heavy atom. The van der Waals surface area contributed by atoms with Crippen LogP contribution in [0, 0.1) is 0 Å². The molecule has 0 saturated carbocycles. The number of hydrogen-bond donors (Lipinski definition) is 2. The van der Waals surface area contributed by atoms with Crippen LogP contribution in [0.1, 0.15) is 27.7 Å². The fourth-order valence-electron chi connectivity index (χ4n) is 0.915. The quantitative estimate of drug-likeness (QED) is 0.610. The van der Waals surface area contributed by atoms with Crippen molar-refractivity contribution in [1.29, 1.82) is 0 Å². The minimum atomic E-state index is 0.217. The van der Waals surface area contributed by atoms with E-state index in [9.17, 15) is 0 Å². The molecule has 0 bridgehead atoms. The van der Waals surface area contributed by atoms with Gasteiger partial charge in [-0.1, -0.05) is 0 Å². The van der Waals surface area contributed by atoms with Gasteiger partial charge in [0, 0.05) is 32.3 Å². The van der Waals surface area contributed by atoms with Crippen molar-refractivity contribution < 1.29 is 4.74 Å². The Labute approximate surface area is 82.2 Å². The molecule has 0 aromatic heterocycles. The molecule has 3 nitrogen and oxygen atoms in total. The normalized spacial score (nSPS) is 14.5. The molecule has 0 saturated heterocycles. The van der Waals surface area contributed by atoms with E-state index >= 15 is 0 Å². The van der Waals surface area contributed by atoms with Gasteiger partial charge in [-0.3, -0.25) is 0 Å². The van der Waals surface area contributed by atoms with E-state index in [0.29, 0.717) is 6.10 Å². The van der Waals surface area contributed by atoms with Crippen molar-refractivity contribution in [2.75, 3.05) is 26.7 Å². The molecule has 80 valence electrons. The van der Waals surface area contributed by atoms with Gasteiger partial charge in [0.15, 0.2) is 0 Å². The lowest BCUT2D eigenvalue weighted by atomic mass is 10.1. The van der Waals surface area contributed by atoms with Crippen molar-refractivity contribution in [2.24, 2.45) is 0 Å². The van der Waals surface area contributed by atoms with E-state index in [1.165, 1.54) is 0 Å². The molecule has 0 spiro atoms. The highest BCUT2D eigenvalue weighted by Gasteiger charge is 2.06. The highest BCUT2D eigenvalue weighted by molar-refractivity contribution is 4.70. The second-order valence-corrected chi connectivity index (χ2v) is 4.43. The van der Waals surface area contributed by atoms with Crippen molar-refractivity contribution >= 4 is 0 Å². The minimum absolute atomic E-state index is 0.217. The third-order valence-corrected chi connectivity index (χ3v) is 1.79. The van der Waals surface area contributed by atoms with Gasteiger partial charge in [0.25, 0.3) is 0 Å². The van der Waals surface area contributed by atoms with Gasteiger partial charge in [0.2, 0.25) is 0 Å². The van der Waals surface area contributed by atoms with Crippen molar-refractivity contribution in [3.63, 3.8) is 0 Å². The summed E-state index contributed by atoms with van der Waals surface area (Å²) < 4.78 is 5.11. The van der Waals surface area contributed by atoms with Gasteiger partial charge < -0.3 is 15.4 Å². The van der Waals surface area contributed by atoms with E-state index in [2.05, 4.69) is 38.3 Å². The topological polar surface area (TPSA) is 33.3 Å². The third-order valence-electron chi connectivity index (χ3n) is 1.79. The molecule has 1 atom stereocenters. The van der Waals surface area contributed by atoms with Gasteiger partial charge in [-0.25, -0.2) is 0 Å². The molecule has 0 amide bonds. The Kier molecular flexibility index (Phi) is 6.29. The third kappa shape index (κ3) is 9.80. The average molecular weight is 188 g/mol. The monoisotopic (exact) mass is 188 g/mol. The molecule has 0 aliphatic rings. The Balaban J connectivity index is 3.18. The van der Waals surface area contributed by atoms with Crippen molar-refractivity contribution in [1.82, 2.24) is 10.6 Å². The van der Waals surface area contributed by atoms with Crippen LogP contribution >= 0.6 is 0 Å². The lowest BCUT2D eigenvalue weighted by Gasteiger charge is -2.20. The molecule has 0 aliphatic heterocycles. The molecule has 0 aromatic rings. The molecule has 2 N–H and O–H groups in total. The van der Waals surface area contributed by atoms with Gasteiger partial charge in [-0.15, -0.1) is 0 Å². The minimum Gasteiger partial charge on any atom is -0.380 e. The standard InChI is InChI=1S/C10H24N2O/c1-9(13-5)8-11-6-7-12-10(2,3)4/h9,11-12H,6-8H2,1-5H3. The van der Waals surface area contributed by atoms with Crippen molar-refractivity contribution in [2.45, 2.75) is 39.3 Å². The number of nitrogens with one attached hydrogen (secondary N) is 2. The molecule has 0 fully saturated rings. The smallest absolute Gasteiger partial charge is 0.0667 e. The van der Waals surface area contributed by atoms with E-state index in [4.69, 9.17) is 4.74 Å². The Morgan fingerprint density at radius 1 is 1.23 bits per heavy atom. The first kappa shape index (κ1) is 12.9. The summed E-state index contributed by atoms with van der Waals surface area (Å²) in [5.74, 6) is 0. The highest BCUT2D eigenvalue weighted by Crippen LogP contribution is 1.96. The number of ether oxygens (including phenoxy) is 1. The zero-order chi connectivity index (χ0) is 10.3. The first-order valence-corrected chi connectivity index (χ1v) is 4.94. The first-order valence-electron chi connectivity index (χ1n) is 4.94. The maximum atomic E-state index is 5.11. The number of methoxy groups -OCH3 is 1. The lowest BCUT2D eigenvalue weighted by molar-refractivity contribution is 0.117. The number of rotatable bonds is 6.